The first-order valence-corrected chi connectivity index (χ1v) is 8.07. The van der Waals surface area contributed by atoms with E-state index in [1.54, 1.807) is 0 Å². The van der Waals surface area contributed by atoms with Gasteiger partial charge in [0.1, 0.15) is 0 Å². The van der Waals surface area contributed by atoms with E-state index in [1.807, 2.05) is 0 Å². The zero-order chi connectivity index (χ0) is 15.5. The number of nitrogens with one attached hydrogen (secondary N) is 1. The number of piperidine rings is 1. The van der Waals surface area contributed by atoms with Crippen molar-refractivity contribution in [2.45, 2.75) is 17.7 Å². The molecule has 0 radical (unpaired) electrons. The van der Waals surface area contributed by atoms with Crippen molar-refractivity contribution in [3.63, 3.8) is 0 Å². The van der Waals surface area contributed by atoms with Crippen LogP contribution in [0.15, 0.2) is 23.1 Å². The van der Waals surface area contributed by atoms with E-state index in [4.69, 9.17) is 9.88 Å². The van der Waals surface area contributed by atoms with Crippen LogP contribution in [0, 0.1) is 16.0 Å². The molecular formula is C12H17N3O5S. The van der Waals surface area contributed by atoms with Crippen molar-refractivity contribution in [1.82, 2.24) is 5.32 Å². The zero-order valence-corrected chi connectivity index (χ0v) is 12.1. The Bertz CT molecular complexity index is 626. The molecule has 0 bridgehead atoms. The van der Waals surface area contributed by atoms with Crippen LogP contribution in [0.2, 0.25) is 0 Å². The molecule has 1 aromatic rings. The normalized spacial score (nSPS) is 16.6. The van der Waals surface area contributed by atoms with Gasteiger partial charge in [-0.3, -0.25) is 10.1 Å². The number of ether oxygens (including phenoxy) is 1. The Kier molecular flexibility index (Phi) is 4.76. The van der Waals surface area contributed by atoms with Crippen molar-refractivity contribution in [2.75, 3.05) is 19.7 Å². The fraction of sp³-hybridized carbons (Fsp3) is 0.500. The highest BCUT2D eigenvalue weighted by Gasteiger charge is 2.21. The third-order valence-electron chi connectivity index (χ3n) is 3.39. The van der Waals surface area contributed by atoms with E-state index in [1.165, 1.54) is 12.1 Å². The van der Waals surface area contributed by atoms with Crippen LogP contribution in [0.25, 0.3) is 0 Å². The summed E-state index contributed by atoms with van der Waals surface area (Å²) in [7, 11) is -3.98. The van der Waals surface area contributed by atoms with E-state index < -0.39 is 20.6 Å². The second-order valence-corrected chi connectivity index (χ2v) is 6.50. The van der Waals surface area contributed by atoms with Crippen LogP contribution >= 0.6 is 0 Å². The number of hydrogen-bond donors (Lipinski definition) is 2. The number of nitrogens with two attached hydrogens (primary N) is 1. The van der Waals surface area contributed by atoms with Crippen molar-refractivity contribution >= 4 is 15.7 Å². The standard InChI is InChI=1S/C12H17N3O5S/c13-21(18,19)10-1-2-12(11(7-10)15(16)17)20-8-9-3-5-14-6-4-9/h1-2,7,9,14H,3-6,8H2,(H2,13,18,19). The average Bonchev–Trinajstić information content (AvgIpc) is 2.45. The summed E-state index contributed by atoms with van der Waals surface area (Å²) in [5.74, 6) is 0.398. The lowest BCUT2D eigenvalue weighted by Gasteiger charge is -2.22. The third-order valence-corrected chi connectivity index (χ3v) is 4.30. The molecule has 116 valence electrons. The summed E-state index contributed by atoms with van der Waals surface area (Å²) in [5, 5.41) is 19.2. The van der Waals surface area contributed by atoms with Crippen LogP contribution in [0.3, 0.4) is 0 Å². The predicted molar refractivity (Wildman–Crippen MR) is 75.6 cm³/mol. The Morgan fingerprint density at radius 3 is 2.62 bits per heavy atom. The van der Waals surface area contributed by atoms with E-state index >= 15 is 0 Å². The molecule has 0 aromatic heterocycles. The fourth-order valence-corrected chi connectivity index (χ4v) is 2.73. The van der Waals surface area contributed by atoms with Gasteiger partial charge in [0.2, 0.25) is 10.0 Å². The van der Waals surface area contributed by atoms with Gasteiger partial charge in [-0.1, -0.05) is 0 Å². The van der Waals surface area contributed by atoms with Gasteiger partial charge in [-0.15, -0.1) is 0 Å². The first-order valence-electron chi connectivity index (χ1n) is 6.52. The zero-order valence-electron chi connectivity index (χ0n) is 11.3. The maximum Gasteiger partial charge on any atom is 0.312 e. The van der Waals surface area contributed by atoms with Gasteiger partial charge in [-0.2, -0.15) is 0 Å². The van der Waals surface area contributed by atoms with Crippen LogP contribution in [0.4, 0.5) is 5.69 Å². The minimum Gasteiger partial charge on any atom is -0.487 e. The van der Waals surface area contributed by atoms with Crippen LogP contribution < -0.4 is 15.2 Å². The number of rotatable bonds is 5. The van der Waals surface area contributed by atoms with Crippen LogP contribution in [-0.2, 0) is 10.0 Å². The maximum atomic E-state index is 11.2. The summed E-state index contributed by atoms with van der Waals surface area (Å²) < 4.78 is 28.0. The van der Waals surface area contributed by atoms with Gasteiger partial charge in [0.25, 0.3) is 0 Å². The van der Waals surface area contributed by atoms with E-state index in [-0.39, 0.29) is 10.6 Å². The molecule has 1 saturated heterocycles. The fourth-order valence-electron chi connectivity index (χ4n) is 2.19. The molecule has 0 aliphatic carbocycles. The van der Waals surface area contributed by atoms with Gasteiger partial charge < -0.3 is 10.1 Å². The minimum absolute atomic E-state index is 0.0610. The minimum atomic E-state index is -3.98. The monoisotopic (exact) mass is 315 g/mol. The summed E-state index contributed by atoms with van der Waals surface area (Å²) in [5.41, 5.74) is -0.393. The Labute approximate surface area is 122 Å². The summed E-state index contributed by atoms with van der Waals surface area (Å²) >= 11 is 0. The van der Waals surface area contributed by atoms with Crippen molar-refractivity contribution in [2.24, 2.45) is 11.1 Å². The lowest BCUT2D eigenvalue weighted by molar-refractivity contribution is -0.386. The highest BCUT2D eigenvalue weighted by molar-refractivity contribution is 7.89. The Hall–Kier alpha value is -1.71. The molecule has 1 fully saturated rings. The number of sulfonamides is 1. The molecular weight excluding hydrogens is 298 g/mol. The second kappa shape index (κ2) is 6.37. The van der Waals surface area contributed by atoms with E-state index in [2.05, 4.69) is 5.32 Å². The second-order valence-electron chi connectivity index (χ2n) is 4.94. The predicted octanol–water partition coefficient (Wildman–Crippen LogP) is 0.621. The first kappa shape index (κ1) is 15.7. The molecule has 1 heterocycles. The molecule has 8 nitrogen and oxygen atoms in total. The smallest absolute Gasteiger partial charge is 0.312 e. The van der Waals surface area contributed by atoms with Crippen molar-refractivity contribution in [3.05, 3.63) is 28.3 Å². The van der Waals surface area contributed by atoms with Gasteiger partial charge in [0.15, 0.2) is 5.75 Å². The number of benzene rings is 1. The molecule has 9 heteroatoms. The molecule has 0 saturated carbocycles. The number of nitrogens with zero attached hydrogens (tertiary/aromatic N) is 1. The van der Waals surface area contributed by atoms with Crippen molar-refractivity contribution < 1.29 is 18.1 Å². The number of hydrogen-bond acceptors (Lipinski definition) is 6. The topological polar surface area (TPSA) is 125 Å². The molecule has 1 aromatic carbocycles. The molecule has 0 unspecified atom stereocenters. The maximum absolute atomic E-state index is 11.2. The van der Waals surface area contributed by atoms with E-state index in [0.717, 1.165) is 32.0 Å². The Morgan fingerprint density at radius 1 is 1.38 bits per heavy atom. The van der Waals surface area contributed by atoms with Crippen molar-refractivity contribution in [3.8, 4) is 5.75 Å². The molecule has 0 spiro atoms. The molecule has 1 aliphatic rings. The number of primary sulfonamides is 1. The first-order chi connectivity index (χ1) is 9.88. The Morgan fingerprint density at radius 2 is 2.05 bits per heavy atom. The average molecular weight is 315 g/mol. The largest absolute Gasteiger partial charge is 0.487 e. The summed E-state index contributed by atoms with van der Waals surface area (Å²) in [6, 6.07) is 3.41. The summed E-state index contributed by atoms with van der Waals surface area (Å²) in [6.45, 7) is 2.18. The number of nitro benzene ring substituents is 1. The van der Waals surface area contributed by atoms with Crippen LogP contribution in [0.1, 0.15) is 12.8 Å². The van der Waals surface area contributed by atoms with Gasteiger partial charge in [-0.05, 0) is 44.0 Å². The third kappa shape index (κ3) is 4.13. The van der Waals surface area contributed by atoms with Gasteiger partial charge in [0.05, 0.1) is 16.4 Å². The molecule has 2 rings (SSSR count). The van der Waals surface area contributed by atoms with E-state index in [9.17, 15) is 18.5 Å². The van der Waals surface area contributed by atoms with Crippen molar-refractivity contribution in [1.29, 1.82) is 0 Å². The summed E-state index contributed by atoms with van der Waals surface area (Å²) in [4.78, 5) is 10.1. The highest BCUT2D eigenvalue weighted by Crippen LogP contribution is 2.30. The number of nitro groups is 1. The van der Waals surface area contributed by atoms with E-state index in [0.29, 0.717) is 12.5 Å². The van der Waals surface area contributed by atoms with Gasteiger partial charge >= 0.3 is 5.69 Å². The molecule has 0 amide bonds. The lowest BCUT2D eigenvalue weighted by Crippen LogP contribution is -2.30. The van der Waals surface area contributed by atoms with Gasteiger partial charge in [-0.25, -0.2) is 13.6 Å². The van der Waals surface area contributed by atoms with Gasteiger partial charge in [0, 0.05) is 6.07 Å². The molecule has 0 atom stereocenters. The molecule has 21 heavy (non-hydrogen) atoms. The quantitative estimate of drug-likeness (QED) is 0.606. The SMILES string of the molecule is NS(=O)(=O)c1ccc(OCC2CCNCC2)c([N+](=O)[O-])c1. The Balaban J connectivity index is 2.16. The lowest BCUT2D eigenvalue weighted by atomic mass is 9.99. The molecule has 1 aliphatic heterocycles. The highest BCUT2D eigenvalue weighted by atomic mass is 32.2. The molecule has 3 N–H and O–H groups in total. The van der Waals surface area contributed by atoms with Crippen LogP contribution in [-0.4, -0.2) is 33.0 Å². The summed E-state index contributed by atoms with van der Waals surface area (Å²) in [6.07, 6.45) is 1.89. The van der Waals surface area contributed by atoms with Crippen LogP contribution in [0.5, 0.6) is 5.75 Å².